The fourth-order valence-corrected chi connectivity index (χ4v) is 2.19. The number of aryl methyl sites for hydroxylation is 1. The van der Waals surface area contributed by atoms with Gasteiger partial charge in [-0.05, 0) is 24.1 Å². The largest absolute Gasteiger partial charge is 0.271 e. The minimum Gasteiger partial charge on any atom is -0.271 e. The Balaban J connectivity index is 2.55. The first-order valence-corrected chi connectivity index (χ1v) is 6.09. The molecular formula is C14H13ClF2N2. The number of nitrogens with one attached hydrogen (secondary N) is 1. The Morgan fingerprint density at radius 2 is 1.74 bits per heavy atom. The quantitative estimate of drug-likeness (QED) is 0.668. The topological polar surface area (TPSA) is 38.0 Å². The molecule has 0 aliphatic carbocycles. The molecule has 1 unspecified atom stereocenters. The lowest BCUT2D eigenvalue weighted by Gasteiger charge is -2.19. The standard InChI is InChI=1S/C14H13ClF2N2/c1-8-6-7-10(13(17)12(8)16)14(19-18)9-4-2-3-5-11(9)15/h2-7,14,19H,18H2,1H3. The number of nitrogens with two attached hydrogens (primary N) is 1. The van der Waals surface area contributed by atoms with Crippen LogP contribution in [0.1, 0.15) is 22.7 Å². The molecule has 100 valence electrons. The summed E-state index contributed by atoms with van der Waals surface area (Å²) < 4.78 is 27.6. The van der Waals surface area contributed by atoms with Gasteiger partial charge in [-0.15, -0.1) is 0 Å². The van der Waals surface area contributed by atoms with Gasteiger partial charge in [-0.25, -0.2) is 14.2 Å². The molecule has 0 heterocycles. The molecule has 0 amide bonds. The molecule has 2 rings (SSSR count). The molecule has 0 bridgehead atoms. The van der Waals surface area contributed by atoms with Crippen LogP contribution in [0.3, 0.4) is 0 Å². The average molecular weight is 283 g/mol. The zero-order valence-electron chi connectivity index (χ0n) is 10.3. The van der Waals surface area contributed by atoms with E-state index in [1.54, 1.807) is 24.3 Å². The monoisotopic (exact) mass is 282 g/mol. The first kappa shape index (κ1) is 13.9. The van der Waals surface area contributed by atoms with Crippen LogP contribution in [0.25, 0.3) is 0 Å². The highest BCUT2D eigenvalue weighted by Crippen LogP contribution is 2.30. The minimum atomic E-state index is -0.914. The van der Waals surface area contributed by atoms with E-state index in [1.165, 1.54) is 19.1 Å². The van der Waals surface area contributed by atoms with Crippen molar-refractivity contribution in [2.75, 3.05) is 0 Å². The van der Waals surface area contributed by atoms with Crippen molar-refractivity contribution in [1.82, 2.24) is 5.43 Å². The van der Waals surface area contributed by atoms with E-state index in [0.717, 1.165) is 0 Å². The summed E-state index contributed by atoms with van der Waals surface area (Å²) in [6.45, 7) is 1.50. The van der Waals surface area contributed by atoms with E-state index in [1.807, 2.05) is 0 Å². The maximum absolute atomic E-state index is 14.0. The van der Waals surface area contributed by atoms with Gasteiger partial charge in [0.15, 0.2) is 11.6 Å². The van der Waals surface area contributed by atoms with Crippen LogP contribution in [0.2, 0.25) is 5.02 Å². The Kier molecular flexibility index (Phi) is 4.14. The van der Waals surface area contributed by atoms with E-state index >= 15 is 0 Å². The zero-order chi connectivity index (χ0) is 14.0. The molecule has 0 aromatic heterocycles. The summed E-state index contributed by atoms with van der Waals surface area (Å²) in [5.41, 5.74) is 3.43. The van der Waals surface area contributed by atoms with Crippen LogP contribution >= 0.6 is 11.6 Å². The molecule has 0 fully saturated rings. The van der Waals surface area contributed by atoms with Gasteiger partial charge in [0.2, 0.25) is 0 Å². The molecule has 0 aliphatic heterocycles. The molecule has 3 N–H and O–H groups in total. The lowest BCUT2D eigenvalue weighted by atomic mass is 9.97. The molecule has 2 aromatic rings. The molecule has 0 spiro atoms. The Morgan fingerprint density at radius 3 is 2.37 bits per heavy atom. The smallest absolute Gasteiger partial charge is 0.164 e. The van der Waals surface area contributed by atoms with Gasteiger partial charge in [-0.2, -0.15) is 0 Å². The highest BCUT2D eigenvalue weighted by Gasteiger charge is 2.21. The number of benzene rings is 2. The van der Waals surface area contributed by atoms with E-state index < -0.39 is 17.7 Å². The molecule has 0 aliphatic rings. The first-order chi connectivity index (χ1) is 9.06. The SMILES string of the molecule is Cc1ccc(C(NN)c2ccccc2Cl)c(F)c1F. The molecular weight excluding hydrogens is 270 g/mol. The van der Waals surface area contributed by atoms with Gasteiger partial charge < -0.3 is 0 Å². The highest BCUT2D eigenvalue weighted by atomic mass is 35.5. The van der Waals surface area contributed by atoms with E-state index in [0.29, 0.717) is 10.6 Å². The highest BCUT2D eigenvalue weighted by molar-refractivity contribution is 6.31. The van der Waals surface area contributed by atoms with Crippen LogP contribution in [0, 0.1) is 18.6 Å². The Hall–Kier alpha value is -1.49. The molecule has 2 aromatic carbocycles. The Morgan fingerprint density at radius 1 is 1.05 bits per heavy atom. The summed E-state index contributed by atoms with van der Waals surface area (Å²) in [5.74, 6) is 3.68. The minimum absolute atomic E-state index is 0.124. The Bertz CT molecular complexity index is 602. The van der Waals surface area contributed by atoms with Crippen molar-refractivity contribution in [3.63, 3.8) is 0 Å². The predicted molar refractivity (Wildman–Crippen MR) is 71.7 cm³/mol. The fraction of sp³-hybridized carbons (Fsp3) is 0.143. The number of hydrogen-bond donors (Lipinski definition) is 2. The van der Waals surface area contributed by atoms with Crippen molar-refractivity contribution in [2.45, 2.75) is 13.0 Å². The van der Waals surface area contributed by atoms with Crippen molar-refractivity contribution >= 4 is 11.6 Å². The second-order valence-electron chi connectivity index (χ2n) is 4.22. The fourth-order valence-electron chi connectivity index (χ4n) is 1.94. The van der Waals surface area contributed by atoms with Crippen LogP contribution < -0.4 is 11.3 Å². The third kappa shape index (κ3) is 2.61. The third-order valence-corrected chi connectivity index (χ3v) is 3.34. The van der Waals surface area contributed by atoms with Gasteiger partial charge in [-0.3, -0.25) is 5.84 Å². The summed E-state index contributed by atoms with van der Waals surface area (Å²) in [6, 6.07) is 9.20. The number of hydrogen-bond acceptors (Lipinski definition) is 2. The van der Waals surface area contributed by atoms with Crippen molar-refractivity contribution in [3.05, 3.63) is 69.7 Å². The molecule has 1 atom stereocenters. The average Bonchev–Trinajstić information content (AvgIpc) is 2.41. The van der Waals surface area contributed by atoms with Gasteiger partial charge in [0.25, 0.3) is 0 Å². The predicted octanol–water partition coefficient (Wildman–Crippen LogP) is 3.48. The summed E-state index contributed by atoms with van der Waals surface area (Å²) in [7, 11) is 0. The van der Waals surface area contributed by atoms with E-state index in [9.17, 15) is 8.78 Å². The second-order valence-corrected chi connectivity index (χ2v) is 4.63. The third-order valence-electron chi connectivity index (χ3n) is 3.00. The van der Waals surface area contributed by atoms with E-state index in [2.05, 4.69) is 5.43 Å². The van der Waals surface area contributed by atoms with E-state index in [4.69, 9.17) is 17.4 Å². The second kappa shape index (κ2) is 5.65. The van der Waals surface area contributed by atoms with Crippen LogP contribution in [0.4, 0.5) is 8.78 Å². The maximum Gasteiger partial charge on any atom is 0.164 e. The van der Waals surface area contributed by atoms with Crippen LogP contribution in [0.5, 0.6) is 0 Å². The lowest BCUT2D eigenvalue weighted by Crippen LogP contribution is -2.30. The van der Waals surface area contributed by atoms with Gasteiger partial charge >= 0.3 is 0 Å². The number of hydrazine groups is 1. The maximum atomic E-state index is 14.0. The lowest BCUT2D eigenvalue weighted by molar-refractivity contribution is 0.478. The molecule has 5 heteroatoms. The zero-order valence-corrected chi connectivity index (χ0v) is 11.0. The summed E-state index contributed by atoms with van der Waals surface area (Å²) in [4.78, 5) is 0. The molecule has 0 saturated carbocycles. The van der Waals surface area contributed by atoms with Gasteiger partial charge in [0, 0.05) is 10.6 Å². The summed E-state index contributed by atoms with van der Waals surface area (Å²) in [5, 5.41) is 0.436. The van der Waals surface area contributed by atoms with Crippen molar-refractivity contribution in [1.29, 1.82) is 0 Å². The molecule has 0 saturated heterocycles. The normalized spacial score (nSPS) is 12.5. The van der Waals surface area contributed by atoms with Crippen molar-refractivity contribution in [2.24, 2.45) is 5.84 Å². The Labute approximate surface area is 115 Å². The van der Waals surface area contributed by atoms with Gasteiger partial charge in [0.05, 0.1) is 6.04 Å². The van der Waals surface area contributed by atoms with Crippen molar-refractivity contribution in [3.8, 4) is 0 Å². The number of rotatable bonds is 3. The number of halogens is 3. The van der Waals surface area contributed by atoms with Crippen molar-refractivity contribution < 1.29 is 8.78 Å². The van der Waals surface area contributed by atoms with Gasteiger partial charge in [0.1, 0.15) is 0 Å². The molecule has 2 nitrogen and oxygen atoms in total. The van der Waals surface area contributed by atoms with Crippen LogP contribution in [0.15, 0.2) is 36.4 Å². The molecule has 19 heavy (non-hydrogen) atoms. The van der Waals surface area contributed by atoms with Crippen LogP contribution in [-0.2, 0) is 0 Å². The van der Waals surface area contributed by atoms with Crippen LogP contribution in [-0.4, -0.2) is 0 Å². The first-order valence-electron chi connectivity index (χ1n) is 5.71. The van der Waals surface area contributed by atoms with Gasteiger partial charge in [-0.1, -0.05) is 41.9 Å². The van der Waals surface area contributed by atoms with E-state index in [-0.39, 0.29) is 11.1 Å². The summed E-state index contributed by atoms with van der Waals surface area (Å²) >= 11 is 6.06. The summed E-state index contributed by atoms with van der Waals surface area (Å²) in [6.07, 6.45) is 0. The molecule has 0 radical (unpaired) electrons.